The minimum absolute atomic E-state index is 0.165. The molecule has 0 bridgehead atoms. The molecule has 0 spiro atoms. The van der Waals surface area contributed by atoms with Crippen LogP contribution in [0.4, 0.5) is 0 Å². The van der Waals surface area contributed by atoms with E-state index >= 15 is 0 Å². The number of fused-ring (bicyclic) bond motifs is 1. The first-order valence-electron chi connectivity index (χ1n) is 9.90. The fourth-order valence-corrected chi connectivity index (χ4v) is 4.31. The molecule has 0 amide bonds. The van der Waals surface area contributed by atoms with E-state index in [0.717, 1.165) is 28.5 Å². The number of pyridine rings is 1. The third-order valence-electron chi connectivity index (χ3n) is 5.09. The molecule has 0 atom stereocenters. The van der Waals surface area contributed by atoms with Crippen LogP contribution in [0.3, 0.4) is 0 Å². The van der Waals surface area contributed by atoms with E-state index in [0.29, 0.717) is 23.2 Å². The van der Waals surface area contributed by atoms with Crippen molar-refractivity contribution in [3.05, 3.63) is 51.2 Å². The van der Waals surface area contributed by atoms with Crippen LogP contribution in [0.15, 0.2) is 29.3 Å². The van der Waals surface area contributed by atoms with Crippen molar-refractivity contribution < 1.29 is 9.47 Å². The zero-order valence-corrected chi connectivity index (χ0v) is 20.1. The maximum absolute atomic E-state index is 13.1. The molecule has 8 heteroatoms. The molecule has 0 aliphatic heterocycles. The SMILES string of the molecule is COc1ccc(C)c(-c2nc(Cl)cc3c(=O)n(COCC[Si](C)(C)C)cnc23)c1C. The van der Waals surface area contributed by atoms with E-state index in [2.05, 4.69) is 29.6 Å². The number of aromatic nitrogens is 3. The Morgan fingerprint density at radius 2 is 1.93 bits per heavy atom. The lowest BCUT2D eigenvalue weighted by Gasteiger charge is -2.16. The van der Waals surface area contributed by atoms with Gasteiger partial charge in [-0.05, 0) is 37.6 Å². The van der Waals surface area contributed by atoms with Gasteiger partial charge in [-0.25, -0.2) is 9.97 Å². The molecule has 0 N–H and O–H groups in total. The van der Waals surface area contributed by atoms with E-state index in [-0.39, 0.29) is 17.4 Å². The summed E-state index contributed by atoms with van der Waals surface area (Å²) in [6, 6.07) is 6.48. The van der Waals surface area contributed by atoms with Gasteiger partial charge in [-0.15, -0.1) is 0 Å². The Morgan fingerprint density at radius 1 is 1.20 bits per heavy atom. The van der Waals surface area contributed by atoms with E-state index in [9.17, 15) is 4.79 Å². The molecule has 0 unspecified atom stereocenters. The van der Waals surface area contributed by atoms with Crippen molar-refractivity contribution in [2.24, 2.45) is 0 Å². The third-order valence-corrected chi connectivity index (χ3v) is 6.98. The Morgan fingerprint density at radius 3 is 2.60 bits per heavy atom. The predicted molar refractivity (Wildman–Crippen MR) is 124 cm³/mol. The summed E-state index contributed by atoms with van der Waals surface area (Å²) in [5.41, 5.74) is 3.70. The van der Waals surface area contributed by atoms with Crippen LogP contribution < -0.4 is 10.3 Å². The maximum atomic E-state index is 13.1. The van der Waals surface area contributed by atoms with Crippen LogP contribution in [0.25, 0.3) is 22.2 Å². The van der Waals surface area contributed by atoms with Crippen molar-refractivity contribution in [1.82, 2.24) is 14.5 Å². The van der Waals surface area contributed by atoms with Gasteiger partial charge in [0.2, 0.25) is 0 Å². The molecule has 6 nitrogen and oxygen atoms in total. The molecule has 0 fully saturated rings. The number of benzene rings is 1. The standard InChI is InChI=1S/C22H28ClN3O3Si/c1-14-7-8-17(28-3)15(2)19(14)21-20-16(11-18(23)25-21)22(27)26(12-24-20)13-29-9-10-30(4,5)6/h7-8,11-12H,9-10,13H2,1-6H3. The van der Waals surface area contributed by atoms with Crippen molar-refractivity contribution in [3.8, 4) is 17.0 Å². The molecular weight excluding hydrogens is 418 g/mol. The van der Waals surface area contributed by atoms with Gasteiger partial charge in [0.05, 0.1) is 18.2 Å². The number of hydrogen-bond donors (Lipinski definition) is 0. The highest BCUT2D eigenvalue weighted by molar-refractivity contribution is 6.76. The second-order valence-electron chi connectivity index (χ2n) is 8.64. The minimum Gasteiger partial charge on any atom is -0.496 e. The van der Waals surface area contributed by atoms with Crippen LogP contribution >= 0.6 is 11.6 Å². The molecule has 3 aromatic rings. The summed E-state index contributed by atoms with van der Waals surface area (Å²) in [5.74, 6) is 0.745. The highest BCUT2D eigenvalue weighted by atomic mass is 35.5. The molecular formula is C22H28ClN3O3Si. The minimum atomic E-state index is -1.19. The van der Waals surface area contributed by atoms with Crippen molar-refractivity contribution in [1.29, 1.82) is 0 Å². The number of hydrogen-bond acceptors (Lipinski definition) is 5. The van der Waals surface area contributed by atoms with Crippen molar-refractivity contribution in [2.75, 3.05) is 13.7 Å². The van der Waals surface area contributed by atoms with Gasteiger partial charge in [-0.3, -0.25) is 9.36 Å². The van der Waals surface area contributed by atoms with Gasteiger partial charge in [-0.2, -0.15) is 0 Å². The van der Waals surface area contributed by atoms with Crippen LogP contribution in [0.5, 0.6) is 5.75 Å². The van der Waals surface area contributed by atoms with Crippen LogP contribution in [0, 0.1) is 13.8 Å². The summed E-state index contributed by atoms with van der Waals surface area (Å²) in [7, 11) is 0.441. The van der Waals surface area contributed by atoms with Gasteiger partial charge in [0, 0.05) is 25.8 Å². The molecule has 0 saturated carbocycles. The van der Waals surface area contributed by atoms with Gasteiger partial charge in [0.25, 0.3) is 5.56 Å². The zero-order valence-electron chi connectivity index (χ0n) is 18.4. The number of methoxy groups -OCH3 is 1. The Bertz CT molecular complexity index is 1140. The van der Waals surface area contributed by atoms with Gasteiger partial charge in [0.1, 0.15) is 29.5 Å². The van der Waals surface area contributed by atoms with Crippen LogP contribution in [0.1, 0.15) is 11.1 Å². The van der Waals surface area contributed by atoms with Crippen LogP contribution in [0.2, 0.25) is 30.8 Å². The average molecular weight is 446 g/mol. The van der Waals surface area contributed by atoms with E-state index in [1.807, 2.05) is 26.0 Å². The summed E-state index contributed by atoms with van der Waals surface area (Å²) < 4.78 is 12.7. The first-order valence-corrected chi connectivity index (χ1v) is 14.0. The Kier molecular flexibility index (Phi) is 6.64. The Hall–Kier alpha value is -2.22. The molecule has 160 valence electrons. The van der Waals surface area contributed by atoms with E-state index in [4.69, 9.17) is 21.1 Å². The molecule has 0 aliphatic rings. The van der Waals surface area contributed by atoms with E-state index < -0.39 is 8.07 Å². The number of nitrogens with zero attached hydrogens (tertiary/aromatic N) is 3. The molecule has 2 aromatic heterocycles. The molecule has 30 heavy (non-hydrogen) atoms. The van der Waals surface area contributed by atoms with E-state index in [1.165, 1.54) is 10.9 Å². The first kappa shape index (κ1) is 22.5. The molecule has 0 saturated heterocycles. The molecule has 0 aliphatic carbocycles. The Labute approximate surface area is 182 Å². The monoisotopic (exact) mass is 445 g/mol. The lowest BCUT2D eigenvalue weighted by atomic mass is 9.97. The third kappa shape index (κ3) is 4.74. The molecule has 2 heterocycles. The first-order chi connectivity index (χ1) is 14.1. The lowest BCUT2D eigenvalue weighted by Crippen LogP contribution is -2.25. The van der Waals surface area contributed by atoms with Gasteiger partial charge >= 0.3 is 0 Å². The second-order valence-corrected chi connectivity index (χ2v) is 14.7. The van der Waals surface area contributed by atoms with Gasteiger partial charge < -0.3 is 9.47 Å². The fraction of sp³-hybridized carbons (Fsp3) is 0.409. The van der Waals surface area contributed by atoms with Crippen LogP contribution in [-0.4, -0.2) is 36.3 Å². The van der Waals surface area contributed by atoms with E-state index in [1.54, 1.807) is 13.2 Å². The Balaban J connectivity index is 2.06. The van der Waals surface area contributed by atoms with Crippen molar-refractivity contribution in [2.45, 2.75) is 46.3 Å². The number of aryl methyl sites for hydroxylation is 1. The second kappa shape index (κ2) is 8.87. The van der Waals surface area contributed by atoms with Crippen molar-refractivity contribution >= 4 is 30.6 Å². The molecule has 3 rings (SSSR count). The molecule has 1 aromatic carbocycles. The van der Waals surface area contributed by atoms with Crippen molar-refractivity contribution in [3.63, 3.8) is 0 Å². The van der Waals surface area contributed by atoms with Gasteiger partial charge in [-0.1, -0.05) is 37.3 Å². The zero-order chi connectivity index (χ0) is 22.1. The maximum Gasteiger partial charge on any atom is 0.263 e. The average Bonchev–Trinajstić information content (AvgIpc) is 2.66. The summed E-state index contributed by atoms with van der Waals surface area (Å²) in [6.45, 7) is 11.6. The smallest absolute Gasteiger partial charge is 0.263 e. The predicted octanol–water partition coefficient (Wildman–Crippen LogP) is 5.05. The molecule has 0 radical (unpaired) electrons. The summed E-state index contributed by atoms with van der Waals surface area (Å²) in [5, 5.41) is 0.665. The summed E-state index contributed by atoms with van der Waals surface area (Å²) >= 11 is 6.31. The normalized spacial score (nSPS) is 11.8. The fourth-order valence-electron chi connectivity index (χ4n) is 3.36. The number of ether oxygens (including phenoxy) is 2. The highest BCUT2D eigenvalue weighted by Gasteiger charge is 2.18. The summed E-state index contributed by atoms with van der Waals surface area (Å²) in [6.07, 6.45) is 1.52. The van der Waals surface area contributed by atoms with Crippen LogP contribution in [-0.2, 0) is 11.5 Å². The number of rotatable bonds is 7. The van der Waals surface area contributed by atoms with Gasteiger partial charge in [0.15, 0.2) is 0 Å². The number of halogens is 1. The largest absolute Gasteiger partial charge is 0.496 e. The topological polar surface area (TPSA) is 66.2 Å². The summed E-state index contributed by atoms with van der Waals surface area (Å²) in [4.78, 5) is 22.2. The highest BCUT2D eigenvalue weighted by Crippen LogP contribution is 2.35. The lowest BCUT2D eigenvalue weighted by molar-refractivity contribution is 0.0844. The quantitative estimate of drug-likeness (QED) is 0.289.